The van der Waals surface area contributed by atoms with E-state index < -0.39 is 5.60 Å². The molecule has 0 bridgehead atoms. The standard InChI is InChI=1S/C14H22N2O2S/c1-14(2,3)18-13(17)5-4-8-19-10-6-7-11(15)12(16)9-10/h6-7,9H,4-5,8,15-16H2,1-3H3. The first-order chi connectivity index (χ1) is 8.78. The molecule has 0 aliphatic carbocycles. The van der Waals surface area contributed by atoms with Gasteiger partial charge in [0.05, 0.1) is 11.4 Å². The fourth-order valence-corrected chi connectivity index (χ4v) is 2.34. The van der Waals surface area contributed by atoms with Crippen LogP contribution in [-0.2, 0) is 9.53 Å². The molecule has 0 spiro atoms. The zero-order chi connectivity index (χ0) is 14.5. The van der Waals surface area contributed by atoms with Gasteiger partial charge in [-0.3, -0.25) is 4.79 Å². The van der Waals surface area contributed by atoms with Crippen LogP contribution in [0.25, 0.3) is 0 Å². The molecule has 4 nitrogen and oxygen atoms in total. The molecular formula is C14H22N2O2S. The lowest BCUT2D eigenvalue weighted by Gasteiger charge is -2.19. The van der Waals surface area contributed by atoms with Crippen molar-refractivity contribution in [2.75, 3.05) is 17.2 Å². The normalized spacial score (nSPS) is 11.3. The number of ether oxygens (including phenoxy) is 1. The summed E-state index contributed by atoms with van der Waals surface area (Å²) in [5.74, 6) is 0.702. The molecule has 1 aromatic carbocycles. The van der Waals surface area contributed by atoms with Crippen molar-refractivity contribution >= 4 is 29.1 Å². The molecular weight excluding hydrogens is 260 g/mol. The average Bonchev–Trinajstić information content (AvgIpc) is 2.27. The lowest BCUT2D eigenvalue weighted by atomic mass is 10.2. The van der Waals surface area contributed by atoms with Gasteiger partial charge in [-0.2, -0.15) is 0 Å². The molecule has 0 aliphatic heterocycles. The summed E-state index contributed by atoms with van der Waals surface area (Å²) in [6.45, 7) is 5.62. The molecule has 0 saturated carbocycles. The molecule has 0 unspecified atom stereocenters. The first-order valence-corrected chi connectivity index (χ1v) is 7.26. The number of rotatable bonds is 5. The number of benzene rings is 1. The number of nitrogens with two attached hydrogens (primary N) is 2. The predicted molar refractivity (Wildman–Crippen MR) is 81.1 cm³/mol. The minimum atomic E-state index is -0.407. The molecule has 0 aliphatic rings. The van der Waals surface area contributed by atoms with E-state index >= 15 is 0 Å². The molecule has 0 radical (unpaired) electrons. The van der Waals surface area contributed by atoms with E-state index in [2.05, 4.69) is 0 Å². The largest absolute Gasteiger partial charge is 0.460 e. The van der Waals surface area contributed by atoms with E-state index in [1.807, 2.05) is 32.9 Å². The highest BCUT2D eigenvalue weighted by molar-refractivity contribution is 7.99. The van der Waals surface area contributed by atoms with Gasteiger partial charge in [0.2, 0.25) is 0 Å². The van der Waals surface area contributed by atoms with Crippen molar-refractivity contribution < 1.29 is 9.53 Å². The summed E-state index contributed by atoms with van der Waals surface area (Å²) in [7, 11) is 0. The number of nitrogen functional groups attached to an aromatic ring is 2. The van der Waals surface area contributed by atoms with Crippen LogP contribution < -0.4 is 11.5 Å². The molecule has 4 N–H and O–H groups in total. The molecule has 0 fully saturated rings. The lowest BCUT2D eigenvalue weighted by Crippen LogP contribution is -2.23. The summed E-state index contributed by atoms with van der Waals surface area (Å²) < 4.78 is 5.24. The Labute approximate surface area is 118 Å². The minimum absolute atomic E-state index is 0.148. The second kappa shape index (κ2) is 6.70. The summed E-state index contributed by atoms with van der Waals surface area (Å²) in [5, 5.41) is 0. The van der Waals surface area contributed by atoms with Crippen LogP contribution in [0.1, 0.15) is 33.6 Å². The molecule has 0 amide bonds. The maximum atomic E-state index is 11.5. The highest BCUT2D eigenvalue weighted by Gasteiger charge is 2.15. The number of carbonyl (C=O) groups is 1. The number of anilines is 2. The van der Waals surface area contributed by atoms with Gasteiger partial charge in [-0.15, -0.1) is 11.8 Å². The first-order valence-electron chi connectivity index (χ1n) is 6.27. The summed E-state index contributed by atoms with van der Waals surface area (Å²) in [4.78, 5) is 12.6. The maximum Gasteiger partial charge on any atom is 0.306 e. The third-order valence-corrected chi connectivity index (χ3v) is 3.35. The second-order valence-electron chi connectivity index (χ2n) is 5.33. The van der Waals surface area contributed by atoms with Crippen molar-refractivity contribution in [3.8, 4) is 0 Å². The van der Waals surface area contributed by atoms with Crippen LogP contribution in [0.4, 0.5) is 11.4 Å². The van der Waals surface area contributed by atoms with E-state index in [1.54, 1.807) is 17.8 Å². The number of esters is 1. The Hall–Kier alpha value is -1.36. The van der Waals surface area contributed by atoms with Crippen molar-refractivity contribution in [1.29, 1.82) is 0 Å². The lowest BCUT2D eigenvalue weighted by molar-refractivity contribution is -0.154. The molecule has 0 saturated heterocycles. The van der Waals surface area contributed by atoms with Crippen molar-refractivity contribution in [2.45, 2.75) is 44.1 Å². The van der Waals surface area contributed by atoms with Crippen molar-refractivity contribution in [3.63, 3.8) is 0 Å². The van der Waals surface area contributed by atoms with E-state index in [0.29, 0.717) is 17.8 Å². The zero-order valence-electron chi connectivity index (χ0n) is 11.7. The van der Waals surface area contributed by atoms with E-state index in [1.165, 1.54) is 0 Å². The summed E-state index contributed by atoms with van der Waals surface area (Å²) in [6.07, 6.45) is 1.22. The van der Waals surface area contributed by atoms with Gasteiger partial charge in [-0.25, -0.2) is 0 Å². The van der Waals surface area contributed by atoms with E-state index in [0.717, 1.165) is 17.1 Å². The Morgan fingerprint density at radius 1 is 1.26 bits per heavy atom. The Balaban J connectivity index is 2.27. The average molecular weight is 282 g/mol. The molecule has 0 heterocycles. The number of carbonyl (C=O) groups excluding carboxylic acids is 1. The summed E-state index contributed by atoms with van der Waals surface area (Å²) in [6, 6.07) is 5.59. The smallest absolute Gasteiger partial charge is 0.306 e. The number of hydrogen-bond donors (Lipinski definition) is 2. The van der Waals surface area contributed by atoms with Gasteiger partial charge in [0.15, 0.2) is 0 Å². The minimum Gasteiger partial charge on any atom is -0.460 e. The molecule has 1 aromatic rings. The molecule has 19 heavy (non-hydrogen) atoms. The van der Waals surface area contributed by atoms with Crippen LogP contribution in [-0.4, -0.2) is 17.3 Å². The molecule has 5 heteroatoms. The second-order valence-corrected chi connectivity index (χ2v) is 6.50. The number of thioether (sulfide) groups is 1. The quantitative estimate of drug-likeness (QED) is 0.375. The highest BCUT2D eigenvalue weighted by Crippen LogP contribution is 2.25. The van der Waals surface area contributed by atoms with Crippen LogP contribution in [0, 0.1) is 0 Å². The molecule has 1 rings (SSSR count). The molecule has 0 aromatic heterocycles. The Morgan fingerprint density at radius 3 is 2.53 bits per heavy atom. The van der Waals surface area contributed by atoms with Gasteiger partial charge < -0.3 is 16.2 Å². The topological polar surface area (TPSA) is 78.3 Å². The molecule has 0 atom stereocenters. The van der Waals surface area contributed by atoms with Crippen LogP contribution in [0.2, 0.25) is 0 Å². The van der Waals surface area contributed by atoms with Gasteiger partial charge in [-0.1, -0.05) is 0 Å². The van der Waals surface area contributed by atoms with E-state index in [-0.39, 0.29) is 5.97 Å². The SMILES string of the molecule is CC(C)(C)OC(=O)CCCSc1ccc(N)c(N)c1. The Morgan fingerprint density at radius 2 is 1.95 bits per heavy atom. The maximum absolute atomic E-state index is 11.5. The predicted octanol–water partition coefficient (Wildman–Crippen LogP) is 3.06. The third kappa shape index (κ3) is 6.38. The van der Waals surface area contributed by atoms with Gasteiger partial charge in [0, 0.05) is 11.3 Å². The highest BCUT2D eigenvalue weighted by atomic mass is 32.2. The zero-order valence-corrected chi connectivity index (χ0v) is 12.5. The van der Waals surface area contributed by atoms with Gasteiger partial charge >= 0.3 is 5.97 Å². The summed E-state index contributed by atoms with van der Waals surface area (Å²) in [5.41, 5.74) is 12.2. The van der Waals surface area contributed by atoms with Crippen molar-refractivity contribution in [3.05, 3.63) is 18.2 Å². The van der Waals surface area contributed by atoms with Crippen LogP contribution >= 0.6 is 11.8 Å². The van der Waals surface area contributed by atoms with Crippen molar-refractivity contribution in [2.24, 2.45) is 0 Å². The number of hydrogen-bond acceptors (Lipinski definition) is 5. The van der Waals surface area contributed by atoms with E-state index in [9.17, 15) is 4.79 Å². The Kier molecular flexibility index (Phi) is 5.54. The van der Waals surface area contributed by atoms with Crippen LogP contribution in [0.5, 0.6) is 0 Å². The summed E-state index contributed by atoms with van der Waals surface area (Å²) >= 11 is 1.66. The van der Waals surface area contributed by atoms with E-state index in [4.69, 9.17) is 16.2 Å². The van der Waals surface area contributed by atoms with Crippen LogP contribution in [0.15, 0.2) is 23.1 Å². The third-order valence-electron chi connectivity index (χ3n) is 2.27. The fraction of sp³-hybridized carbons (Fsp3) is 0.500. The van der Waals surface area contributed by atoms with Crippen molar-refractivity contribution in [1.82, 2.24) is 0 Å². The molecule has 106 valence electrons. The fourth-order valence-electron chi connectivity index (χ4n) is 1.44. The first kappa shape index (κ1) is 15.7. The van der Waals surface area contributed by atoms with Gasteiger partial charge in [0.25, 0.3) is 0 Å². The van der Waals surface area contributed by atoms with Crippen LogP contribution in [0.3, 0.4) is 0 Å². The Bertz CT molecular complexity index is 442. The van der Waals surface area contributed by atoms with Gasteiger partial charge in [-0.05, 0) is 51.1 Å². The van der Waals surface area contributed by atoms with Gasteiger partial charge in [0.1, 0.15) is 5.60 Å². The monoisotopic (exact) mass is 282 g/mol.